The molecule has 2 heterocycles. The lowest BCUT2D eigenvalue weighted by atomic mass is 10.2. The van der Waals surface area contributed by atoms with Crippen LogP contribution in [0.4, 0.5) is 0 Å². The molecule has 2 aromatic heterocycles. The second kappa shape index (κ2) is 3.59. The fourth-order valence-corrected chi connectivity index (χ4v) is 1.12. The Labute approximate surface area is 81.8 Å². The zero-order chi connectivity index (χ0) is 9.97. The molecule has 0 amide bonds. The van der Waals surface area contributed by atoms with E-state index in [1.54, 1.807) is 18.7 Å². The average molecular weight is 189 g/mol. The van der Waals surface area contributed by atoms with Crippen molar-refractivity contribution in [3.05, 3.63) is 36.5 Å². The Kier molecular flexibility index (Phi) is 2.28. The molecule has 0 aliphatic rings. The van der Waals surface area contributed by atoms with Gasteiger partial charge in [-0.05, 0) is 19.1 Å². The van der Waals surface area contributed by atoms with Crippen LogP contribution in [0.5, 0.6) is 0 Å². The minimum atomic E-state index is -0.0897. The normalized spacial score (nSPS) is 12.7. The summed E-state index contributed by atoms with van der Waals surface area (Å²) in [6.45, 7) is 1.87. The first-order valence-corrected chi connectivity index (χ1v) is 4.39. The zero-order valence-corrected chi connectivity index (χ0v) is 7.84. The van der Waals surface area contributed by atoms with Crippen LogP contribution in [-0.4, -0.2) is 9.97 Å². The van der Waals surface area contributed by atoms with Crippen LogP contribution in [0.1, 0.15) is 18.7 Å². The molecule has 0 bridgehead atoms. The van der Waals surface area contributed by atoms with Crippen molar-refractivity contribution < 1.29 is 4.42 Å². The van der Waals surface area contributed by atoms with Crippen LogP contribution < -0.4 is 5.73 Å². The largest absolute Gasteiger partial charge is 0.463 e. The number of rotatable bonds is 2. The fraction of sp³-hybridized carbons (Fsp3) is 0.200. The van der Waals surface area contributed by atoms with Crippen LogP contribution in [-0.2, 0) is 0 Å². The molecule has 2 rings (SSSR count). The predicted molar refractivity (Wildman–Crippen MR) is 52.3 cm³/mol. The molecule has 0 saturated heterocycles. The maximum Gasteiger partial charge on any atom is 0.153 e. The lowest BCUT2D eigenvalue weighted by Gasteiger charge is -2.03. The Morgan fingerprint density at radius 3 is 2.71 bits per heavy atom. The van der Waals surface area contributed by atoms with Gasteiger partial charge in [-0.15, -0.1) is 0 Å². The van der Waals surface area contributed by atoms with Crippen LogP contribution in [0.3, 0.4) is 0 Å². The Morgan fingerprint density at radius 2 is 2.21 bits per heavy atom. The molecule has 4 heteroatoms. The van der Waals surface area contributed by atoms with Gasteiger partial charge in [-0.3, -0.25) is 4.98 Å². The van der Waals surface area contributed by atoms with Crippen LogP contribution in [0.25, 0.3) is 11.5 Å². The summed E-state index contributed by atoms with van der Waals surface area (Å²) < 4.78 is 5.19. The summed E-state index contributed by atoms with van der Waals surface area (Å²) >= 11 is 0. The van der Waals surface area contributed by atoms with E-state index in [1.165, 1.54) is 0 Å². The van der Waals surface area contributed by atoms with Crippen LogP contribution in [0, 0.1) is 0 Å². The molecule has 1 atom stereocenters. The van der Waals surface area contributed by atoms with Gasteiger partial charge in [0.2, 0.25) is 0 Å². The smallest absolute Gasteiger partial charge is 0.153 e. The molecule has 0 aliphatic carbocycles. The van der Waals surface area contributed by atoms with Crippen LogP contribution in [0.2, 0.25) is 0 Å². The highest BCUT2D eigenvalue weighted by Gasteiger charge is 2.04. The highest BCUT2D eigenvalue weighted by atomic mass is 16.3. The van der Waals surface area contributed by atoms with Gasteiger partial charge in [0.15, 0.2) is 5.76 Å². The van der Waals surface area contributed by atoms with E-state index in [2.05, 4.69) is 9.97 Å². The third kappa shape index (κ3) is 1.65. The summed E-state index contributed by atoms with van der Waals surface area (Å²) in [7, 11) is 0. The minimum absolute atomic E-state index is 0.0897. The van der Waals surface area contributed by atoms with Crippen molar-refractivity contribution in [2.45, 2.75) is 13.0 Å². The Bertz CT molecular complexity index is 392. The lowest BCUT2D eigenvalue weighted by Crippen LogP contribution is -2.07. The maximum absolute atomic E-state index is 5.66. The monoisotopic (exact) mass is 189 g/mol. The predicted octanol–water partition coefficient (Wildman–Crippen LogP) is 1.76. The number of hydrogen-bond acceptors (Lipinski definition) is 4. The third-order valence-corrected chi connectivity index (χ3v) is 1.91. The van der Waals surface area contributed by atoms with E-state index < -0.39 is 0 Å². The van der Waals surface area contributed by atoms with Crippen molar-refractivity contribution in [2.24, 2.45) is 5.73 Å². The van der Waals surface area contributed by atoms with Crippen molar-refractivity contribution in [1.82, 2.24) is 9.97 Å². The van der Waals surface area contributed by atoms with E-state index in [0.29, 0.717) is 5.76 Å². The van der Waals surface area contributed by atoms with Crippen molar-refractivity contribution >= 4 is 0 Å². The van der Waals surface area contributed by atoms with Gasteiger partial charge in [0.25, 0.3) is 0 Å². The van der Waals surface area contributed by atoms with Gasteiger partial charge < -0.3 is 10.2 Å². The van der Waals surface area contributed by atoms with Gasteiger partial charge in [-0.25, -0.2) is 4.98 Å². The summed E-state index contributed by atoms with van der Waals surface area (Å²) in [5.41, 5.74) is 7.16. The summed E-state index contributed by atoms with van der Waals surface area (Å²) in [4.78, 5) is 8.39. The quantitative estimate of drug-likeness (QED) is 0.781. The molecule has 0 aromatic carbocycles. The number of furan rings is 1. The summed E-state index contributed by atoms with van der Waals surface area (Å²) in [5, 5.41) is 0. The molecule has 2 aromatic rings. The van der Waals surface area contributed by atoms with Gasteiger partial charge >= 0.3 is 0 Å². The van der Waals surface area contributed by atoms with Crippen molar-refractivity contribution in [3.63, 3.8) is 0 Å². The third-order valence-electron chi connectivity index (χ3n) is 1.91. The highest BCUT2D eigenvalue weighted by Crippen LogP contribution is 2.16. The highest BCUT2D eigenvalue weighted by molar-refractivity contribution is 5.49. The van der Waals surface area contributed by atoms with E-state index in [4.69, 9.17) is 10.2 Å². The van der Waals surface area contributed by atoms with E-state index in [1.807, 2.05) is 19.1 Å². The molecule has 0 radical (unpaired) electrons. The molecule has 2 N–H and O–H groups in total. The first kappa shape index (κ1) is 8.90. The van der Waals surface area contributed by atoms with Gasteiger partial charge in [0.1, 0.15) is 5.69 Å². The van der Waals surface area contributed by atoms with Crippen molar-refractivity contribution in [3.8, 4) is 11.5 Å². The fourth-order valence-electron chi connectivity index (χ4n) is 1.12. The van der Waals surface area contributed by atoms with Gasteiger partial charge in [-0.1, -0.05) is 0 Å². The minimum Gasteiger partial charge on any atom is -0.463 e. The first-order valence-electron chi connectivity index (χ1n) is 4.39. The first-order chi connectivity index (χ1) is 6.77. The molecule has 14 heavy (non-hydrogen) atoms. The molecule has 4 nitrogen and oxygen atoms in total. The van der Waals surface area contributed by atoms with E-state index in [-0.39, 0.29) is 6.04 Å². The maximum atomic E-state index is 5.66. The summed E-state index contributed by atoms with van der Waals surface area (Å²) in [6.07, 6.45) is 4.94. The molecule has 1 unspecified atom stereocenters. The average Bonchev–Trinajstić information content (AvgIpc) is 2.71. The number of nitrogens with zero attached hydrogens (tertiary/aromatic N) is 2. The van der Waals surface area contributed by atoms with Crippen LogP contribution >= 0.6 is 0 Å². The molecule has 0 fully saturated rings. The van der Waals surface area contributed by atoms with Crippen molar-refractivity contribution in [1.29, 1.82) is 0 Å². The molecule has 0 aliphatic heterocycles. The molecule has 0 spiro atoms. The van der Waals surface area contributed by atoms with Gasteiger partial charge in [0, 0.05) is 6.04 Å². The standard InChI is InChI=1S/C10H11N3O/c1-7(11)8-5-13-9(6-12-8)10-3-2-4-14-10/h2-7H,11H2,1H3. The van der Waals surface area contributed by atoms with Gasteiger partial charge in [-0.2, -0.15) is 0 Å². The number of nitrogens with two attached hydrogens (primary N) is 1. The molecular formula is C10H11N3O. The summed E-state index contributed by atoms with van der Waals surface area (Å²) in [6, 6.07) is 3.57. The Balaban J connectivity index is 2.31. The van der Waals surface area contributed by atoms with E-state index >= 15 is 0 Å². The SMILES string of the molecule is CC(N)c1cnc(-c2ccco2)cn1. The lowest BCUT2D eigenvalue weighted by molar-refractivity contribution is 0.579. The van der Waals surface area contributed by atoms with Crippen LogP contribution in [0.15, 0.2) is 35.2 Å². The second-order valence-electron chi connectivity index (χ2n) is 3.09. The molecule has 0 saturated carbocycles. The van der Waals surface area contributed by atoms with Gasteiger partial charge in [0.05, 0.1) is 24.4 Å². The number of hydrogen-bond donors (Lipinski definition) is 1. The molecular weight excluding hydrogens is 178 g/mol. The zero-order valence-electron chi connectivity index (χ0n) is 7.84. The Morgan fingerprint density at radius 1 is 1.36 bits per heavy atom. The second-order valence-corrected chi connectivity index (χ2v) is 3.09. The number of aromatic nitrogens is 2. The topological polar surface area (TPSA) is 64.9 Å². The van der Waals surface area contributed by atoms with E-state index in [0.717, 1.165) is 11.4 Å². The Hall–Kier alpha value is -1.68. The summed E-state index contributed by atoms with van der Waals surface area (Å²) in [5.74, 6) is 0.716. The van der Waals surface area contributed by atoms with Crippen molar-refractivity contribution in [2.75, 3.05) is 0 Å². The van der Waals surface area contributed by atoms with E-state index in [9.17, 15) is 0 Å². The molecule has 72 valence electrons.